The molecule has 1 N–H and O–H groups in total. The van der Waals surface area contributed by atoms with Crippen LogP contribution in [0.1, 0.15) is 20.8 Å². The Balaban J connectivity index is 1.51. The Labute approximate surface area is 229 Å². The van der Waals surface area contributed by atoms with Gasteiger partial charge in [-0.3, -0.25) is 4.79 Å². The third-order valence-electron chi connectivity index (χ3n) is 5.70. The van der Waals surface area contributed by atoms with Gasteiger partial charge in [0, 0.05) is 24.7 Å². The van der Waals surface area contributed by atoms with Crippen molar-refractivity contribution in [2.75, 3.05) is 31.6 Å². The lowest BCUT2D eigenvalue weighted by Gasteiger charge is -2.34. The van der Waals surface area contributed by atoms with E-state index >= 15 is 0 Å². The van der Waals surface area contributed by atoms with Gasteiger partial charge in [0.2, 0.25) is 5.69 Å². The summed E-state index contributed by atoms with van der Waals surface area (Å²) in [6, 6.07) is 8.48. The number of aromatic nitrogens is 2. The number of aryl methyl sites for hydroxylation is 1. The number of morpholine rings is 1. The fourth-order valence-electron chi connectivity index (χ4n) is 3.89. The molecule has 4 rings (SSSR count). The van der Waals surface area contributed by atoms with Gasteiger partial charge in [0.1, 0.15) is 29.3 Å². The molecule has 1 atom stereocenters. The SMILES string of the molecule is [C-]#[N+]c1cc(Cl)c(Nc2ccc3c(c2)cc(OCC2CN(C(=O)OC(C)(C)C)CCO2)c(=O)n3C)nc1Cl. The van der Waals surface area contributed by atoms with Crippen LogP contribution in [0, 0.1) is 6.57 Å². The Bertz CT molecular complexity index is 1480. The van der Waals surface area contributed by atoms with E-state index in [9.17, 15) is 9.59 Å². The zero-order valence-corrected chi connectivity index (χ0v) is 22.9. The third kappa shape index (κ3) is 6.30. The van der Waals surface area contributed by atoms with E-state index in [1.54, 1.807) is 30.1 Å². The number of pyridine rings is 2. The highest BCUT2D eigenvalue weighted by molar-refractivity contribution is 6.36. The standard InChI is InChI=1S/C26H27Cl2N5O5/c1-26(2,3)38-25(35)33-8-9-36-17(13-33)14-37-21-11-15-10-16(6-7-20(15)32(5)24(21)34)30-23-18(27)12-19(29-4)22(28)31-23/h6-7,10-12,17H,8-9,13-14H2,1-3,5H3,(H,30,31). The van der Waals surface area contributed by atoms with Crippen molar-refractivity contribution in [1.82, 2.24) is 14.5 Å². The number of rotatable bonds is 5. The molecule has 0 radical (unpaired) electrons. The van der Waals surface area contributed by atoms with Crippen LogP contribution in [0.2, 0.25) is 10.2 Å². The van der Waals surface area contributed by atoms with E-state index in [1.807, 2.05) is 26.8 Å². The van der Waals surface area contributed by atoms with Crippen molar-refractivity contribution in [2.24, 2.45) is 7.05 Å². The molecule has 3 heterocycles. The molecule has 200 valence electrons. The maximum Gasteiger partial charge on any atom is 0.410 e. The van der Waals surface area contributed by atoms with Gasteiger partial charge >= 0.3 is 6.09 Å². The minimum absolute atomic E-state index is 0.0425. The van der Waals surface area contributed by atoms with Crippen molar-refractivity contribution in [3.05, 3.63) is 62.3 Å². The second-order valence-electron chi connectivity index (χ2n) is 9.74. The molecule has 0 saturated carbocycles. The fraction of sp³-hybridized carbons (Fsp3) is 0.385. The average Bonchev–Trinajstić information content (AvgIpc) is 2.86. The fourth-order valence-corrected chi connectivity index (χ4v) is 4.26. The Morgan fingerprint density at radius 2 is 2.05 bits per heavy atom. The molecule has 1 unspecified atom stereocenters. The van der Waals surface area contributed by atoms with Gasteiger partial charge in [-0.15, -0.1) is 0 Å². The van der Waals surface area contributed by atoms with Gasteiger partial charge in [-0.1, -0.05) is 23.2 Å². The Kier molecular flexibility index (Phi) is 8.02. The molecule has 1 aromatic carbocycles. The summed E-state index contributed by atoms with van der Waals surface area (Å²) in [7, 11) is 1.66. The minimum Gasteiger partial charge on any atom is -0.485 e. The second-order valence-corrected chi connectivity index (χ2v) is 10.5. The van der Waals surface area contributed by atoms with Crippen molar-refractivity contribution < 1.29 is 19.0 Å². The average molecular weight is 560 g/mol. The number of hydrogen-bond acceptors (Lipinski definition) is 7. The smallest absolute Gasteiger partial charge is 0.410 e. The Morgan fingerprint density at radius 3 is 2.76 bits per heavy atom. The summed E-state index contributed by atoms with van der Waals surface area (Å²) in [5.74, 6) is 0.449. The molecule has 1 saturated heterocycles. The summed E-state index contributed by atoms with van der Waals surface area (Å²) < 4.78 is 18.6. The minimum atomic E-state index is -0.596. The van der Waals surface area contributed by atoms with Crippen molar-refractivity contribution in [3.8, 4) is 5.75 Å². The molecular weight excluding hydrogens is 533 g/mol. The van der Waals surface area contributed by atoms with Gasteiger partial charge in [0.15, 0.2) is 5.75 Å². The number of nitrogens with one attached hydrogen (secondary N) is 1. The molecule has 0 spiro atoms. The lowest BCUT2D eigenvalue weighted by Crippen LogP contribution is -2.49. The van der Waals surface area contributed by atoms with Crippen LogP contribution in [0.5, 0.6) is 5.75 Å². The number of halogens is 2. The monoisotopic (exact) mass is 559 g/mol. The first kappa shape index (κ1) is 27.5. The third-order valence-corrected chi connectivity index (χ3v) is 6.27. The molecule has 38 heavy (non-hydrogen) atoms. The van der Waals surface area contributed by atoms with E-state index in [0.717, 1.165) is 5.39 Å². The van der Waals surface area contributed by atoms with Crippen molar-refractivity contribution >= 4 is 57.4 Å². The maximum absolute atomic E-state index is 12.9. The first-order valence-electron chi connectivity index (χ1n) is 11.8. The highest BCUT2D eigenvalue weighted by atomic mass is 35.5. The normalized spacial score (nSPS) is 15.7. The zero-order chi connectivity index (χ0) is 27.6. The number of carbonyl (C=O) groups excluding carboxylic acids is 1. The molecule has 1 amide bonds. The Hall–Kier alpha value is -3.52. The van der Waals surface area contributed by atoms with Gasteiger partial charge in [-0.2, -0.15) is 0 Å². The number of nitrogens with zero attached hydrogens (tertiary/aromatic N) is 4. The summed E-state index contributed by atoms with van der Waals surface area (Å²) in [4.78, 5) is 34.4. The molecule has 0 bridgehead atoms. The zero-order valence-electron chi connectivity index (χ0n) is 21.4. The molecule has 1 aliphatic heterocycles. The molecule has 0 aliphatic carbocycles. The van der Waals surface area contributed by atoms with E-state index in [0.29, 0.717) is 36.7 Å². The quantitative estimate of drug-likeness (QED) is 0.323. The predicted octanol–water partition coefficient (Wildman–Crippen LogP) is 5.55. The Morgan fingerprint density at radius 1 is 1.29 bits per heavy atom. The van der Waals surface area contributed by atoms with Crippen molar-refractivity contribution in [2.45, 2.75) is 32.5 Å². The van der Waals surface area contributed by atoms with Crippen LogP contribution in [0.4, 0.5) is 22.0 Å². The molecule has 12 heteroatoms. The van der Waals surface area contributed by atoms with Crippen LogP contribution >= 0.6 is 23.2 Å². The van der Waals surface area contributed by atoms with Gasteiger partial charge in [0.05, 0.1) is 30.3 Å². The molecule has 3 aromatic rings. The van der Waals surface area contributed by atoms with Crippen LogP contribution in [-0.2, 0) is 16.5 Å². The van der Waals surface area contributed by atoms with Crippen molar-refractivity contribution in [1.29, 1.82) is 0 Å². The first-order chi connectivity index (χ1) is 17.9. The van der Waals surface area contributed by atoms with E-state index in [1.165, 1.54) is 10.6 Å². The molecule has 2 aromatic heterocycles. The number of amides is 1. The summed E-state index contributed by atoms with van der Waals surface area (Å²) in [5.41, 5.74) is 0.601. The summed E-state index contributed by atoms with van der Waals surface area (Å²) >= 11 is 12.3. The largest absolute Gasteiger partial charge is 0.485 e. The number of anilines is 2. The number of carbonyl (C=O) groups is 1. The number of ether oxygens (including phenoxy) is 3. The van der Waals surface area contributed by atoms with Crippen LogP contribution in [-0.4, -0.2) is 58.6 Å². The van der Waals surface area contributed by atoms with Crippen LogP contribution in [0.25, 0.3) is 15.7 Å². The van der Waals surface area contributed by atoms with E-state index in [4.69, 9.17) is 44.0 Å². The van der Waals surface area contributed by atoms with Crippen molar-refractivity contribution in [3.63, 3.8) is 0 Å². The molecule has 10 nitrogen and oxygen atoms in total. The summed E-state index contributed by atoms with van der Waals surface area (Å²) in [6.45, 7) is 13.7. The van der Waals surface area contributed by atoms with Crippen LogP contribution in [0.3, 0.4) is 0 Å². The van der Waals surface area contributed by atoms with E-state index in [-0.39, 0.29) is 33.8 Å². The van der Waals surface area contributed by atoms with Gasteiger partial charge in [0.25, 0.3) is 5.56 Å². The van der Waals surface area contributed by atoms with E-state index < -0.39 is 17.8 Å². The first-order valence-corrected chi connectivity index (χ1v) is 12.6. The highest BCUT2D eigenvalue weighted by Gasteiger charge is 2.28. The molecule has 1 aliphatic rings. The summed E-state index contributed by atoms with van der Waals surface area (Å²) in [6.07, 6.45) is -0.826. The second kappa shape index (κ2) is 11.1. The highest BCUT2D eigenvalue weighted by Crippen LogP contribution is 2.33. The number of hydrogen-bond donors (Lipinski definition) is 1. The maximum atomic E-state index is 12.9. The number of benzene rings is 1. The van der Waals surface area contributed by atoms with Gasteiger partial charge in [-0.05, 0) is 51.1 Å². The van der Waals surface area contributed by atoms with Gasteiger partial charge in [-0.25, -0.2) is 14.6 Å². The van der Waals surface area contributed by atoms with Crippen LogP contribution < -0.4 is 15.6 Å². The molecule has 1 fully saturated rings. The lowest BCUT2D eigenvalue weighted by atomic mass is 10.2. The lowest BCUT2D eigenvalue weighted by molar-refractivity contribution is -0.0558. The predicted molar refractivity (Wildman–Crippen MR) is 146 cm³/mol. The van der Waals surface area contributed by atoms with E-state index in [2.05, 4.69) is 15.1 Å². The van der Waals surface area contributed by atoms with Crippen LogP contribution in [0.15, 0.2) is 35.1 Å². The topological polar surface area (TPSA) is 99.3 Å². The molecular formula is C26H27Cl2N5O5. The summed E-state index contributed by atoms with van der Waals surface area (Å²) in [5, 5.41) is 4.12. The van der Waals surface area contributed by atoms with Gasteiger partial charge < -0.3 is 29.0 Å². The number of fused-ring (bicyclic) bond motifs is 1.